The third-order valence-electron chi connectivity index (χ3n) is 5.12. The number of rotatable bonds is 10. The number of nitrogens with one attached hydrogen (secondary N) is 2. The SMILES string of the molecule is CC(C)C(CNC(=O)NC(CCC(=O)O)Cc1ccccc1)N1CCOCC1. The number of hydrogen-bond donors (Lipinski definition) is 3. The number of ether oxygens (including phenoxy) is 1. The van der Waals surface area contributed by atoms with Crippen LogP contribution in [0.2, 0.25) is 0 Å². The second-order valence-electron chi connectivity index (χ2n) is 7.63. The number of hydrogen-bond acceptors (Lipinski definition) is 4. The summed E-state index contributed by atoms with van der Waals surface area (Å²) in [5.74, 6) is -0.446. The lowest BCUT2D eigenvalue weighted by atomic mass is 10.0. The van der Waals surface area contributed by atoms with Crippen molar-refractivity contribution in [3.05, 3.63) is 35.9 Å². The first kappa shape index (κ1) is 22.2. The predicted octanol–water partition coefficient (Wildman–Crippen LogP) is 2.12. The van der Waals surface area contributed by atoms with Gasteiger partial charge in [-0.05, 0) is 24.3 Å². The van der Waals surface area contributed by atoms with E-state index in [2.05, 4.69) is 29.4 Å². The molecule has 2 atom stereocenters. The third-order valence-corrected chi connectivity index (χ3v) is 5.12. The van der Waals surface area contributed by atoms with Crippen LogP contribution in [0, 0.1) is 5.92 Å². The summed E-state index contributed by atoms with van der Waals surface area (Å²) in [5.41, 5.74) is 1.08. The van der Waals surface area contributed by atoms with Crippen molar-refractivity contribution in [2.75, 3.05) is 32.8 Å². The van der Waals surface area contributed by atoms with Gasteiger partial charge >= 0.3 is 12.0 Å². The molecular formula is C21H33N3O4. The molecule has 0 radical (unpaired) electrons. The first-order valence-corrected chi connectivity index (χ1v) is 10.1. The molecule has 3 N–H and O–H groups in total. The number of urea groups is 1. The van der Waals surface area contributed by atoms with E-state index in [-0.39, 0.29) is 24.5 Å². The van der Waals surface area contributed by atoms with Gasteiger partial charge in [0.15, 0.2) is 0 Å². The summed E-state index contributed by atoms with van der Waals surface area (Å²) < 4.78 is 5.42. The fourth-order valence-electron chi connectivity index (χ4n) is 3.55. The van der Waals surface area contributed by atoms with E-state index in [0.717, 1.165) is 31.9 Å². The molecule has 1 saturated heterocycles. The number of carbonyl (C=O) groups excluding carboxylic acids is 1. The number of amides is 2. The van der Waals surface area contributed by atoms with Gasteiger partial charge in [-0.15, -0.1) is 0 Å². The Hall–Kier alpha value is -2.12. The van der Waals surface area contributed by atoms with Crippen molar-refractivity contribution >= 4 is 12.0 Å². The van der Waals surface area contributed by atoms with Gasteiger partial charge in [-0.25, -0.2) is 4.79 Å². The largest absolute Gasteiger partial charge is 0.481 e. The van der Waals surface area contributed by atoms with Gasteiger partial charge in [0.05, 0.1) is 13.2 Å². The van der Waals surface area contributed by atoms with E-state index < -0.39 is 5.97 Å². The molecule has 7 nitrogen and oxygen atoms in total. The molecule has 0 spiro atoms. The molecule has 2 unspecified atom stereocenters. The van der Waals surface area contributed by atoms with Crippen molar-refractivity contribution < 1.29 is 19.4 Å². The number of morpholine rings is 1. The van der Waals surface area contributed by atoms with E-state index in [1.165, 1.54) is 0 Å². The lowest BCUT2D eigenvalue weighted by Crippen LogP contribution is -2.53. The third kappa shape index (κ3) is 7.86. The highest BCUT2D eigenvalue weighted by Gasteiger charge is 2.24. The van der Waals surface area contributed by atoms with Crippen LogP contribution in [0.4, 0.5) is 4.79 Å². The molecule has 1 aliphatic rings. The van der Waals surface area contributed by atoms with Crippen molar-refractivity contribution in [3.8, 4) is 0 Å². The normalized spacial score (nSPS) is 17.1. The molecule has 1 fully saturated rings. The minimum atomic E-state index is -0.854. The van der Waals surface area contributed by atoms with Crippen LogP contribution in [0.25, 0.3) is 0 Å². The molecular weight excluding hydrogens is 358 g/mol. The molecule has 156 valence electrons. The fourth-order valence-corrected chi connectivity index (χ4v) is 3.55. The Morgan fingerprint density at radius 1 is 1.18 bits per heavy atom. The van der Waals surface area contributed by atoms with E-state index in [9.17, 15) is 9.59 Å². The Balaban J connectivity index is 1.88. The van der Waals surface area contributed by atoms with Gasteiger partial charge in [0.2, 0.25) is 0 Å². The molecule has 7 heteroatoms. The summed E-state index contributed by atoms with van der Waals surface area (Å²) in [5, 5.41) is 14.9. The van der Waals surface area contributed by atoms with Crippen molar-refractivity contribution in [2.45, 2.75) is 45.2 Å². The Bertz CT molecular complexity index is 603. The second kappa shape index (κ2) is 11.7. The summed E-state index contributed by atoms with van der Waals surface area (Å²) in [6, 6.07) is 9.58. The van der Waals surface area contributed by atoms with E-state index in [1.54, 1.807) is 0 Å². The van der Waals surface area contributed by atoms with Crippen LogP contribution >= 0.6 is 0 Å². The number of benzene rings is 1. The average Bonchev–Trinajstić information content (AvgIpc) is 2.67. The van der Waals surface area contributed by atoms with Crippen molar-refractivity contribution in [2.24, 2.45) is 5.92 Å². The number of carboxylic acid groups (broad SMARTS) is 1. The van der Waals surface area contributed by atoms with Crippen LogP contribution in [0.5, 0.6) is 0 Å². The highest BCUT2D eigenvalue weighted by Crippen LogP contribution is 2.12. The number of carboxylic acids is 1. The maximum Gasteiger partial charge on any atom is 0.315 e. The van der Waals surface area contributed by atoms with Gasteiger partial charge in [0.25, 0.3) is 0 Å². The molecule has 1 aromatic rings. The van der Waals surface area contributed by atoms with Crippen LogP contribution in [-0.2, 0) is 16.0 Å². The highest BCUT2D eigenvalue weighted by molar-refractivity contribution is 5.74. The van der Waals surface area contributed by atoms with Crippen molar-refractivity contribution in [1.29, 1.82) is 0 Å². The molecule has 28 heavy (non-hydrogen) atoms. The lowest BCUT2D eigenvalue weighted by Gasteiger charge is -2.37. The Morgan fingerprint density at radius 3 is 2.46 bits per heavy atom. The zero-order valence-electron chi connectivity index (χ0n) is 16.9. The van der Waals surface area contributed by atoms with Gasteiger partial charge in [0.1, 0.15) is 0 Å². The Labute approximate surface area is 167 Å². The number of carbonyl (C=O) groups is 2. The zero-order valence-corrected chi connectivity index (χ0v) is 16.9. The van der Waals surface area contributed by atoms with Crippen LogP contribution < -0.4 is 10.6 Å². The Morgan fingerprint density at radius 2 is 1.86 bits per heavy atom. The predicted molar refractivity (Wildman–Crippen MR) is 108 cm³/mol. The molecule has 1 aliphatic heterocycles. The maximum atomic E-state index is 12.5. The quantitative estimate of drug-likeness (QED) is 0.568. The molecule has 0 saturated carbocycles. The smallest absolute Gasteiger partial charge is 0.315 e. The first-order valence-electron chi connectivity index (χ1n) is 10.1. The summed E-state index contributed by atoms with van der Waals surface area (Å²) in [4.78, 5) is 25.8. The summed E-state index contributed by atoms with van der Waals surface area (Å²) in [6.45, 7) is 8.08. The minimum Gasteiger partial charge on any atom is -0.481 e. The maximum absolute atomic E-state index is 12.5. The van der Waals surface area contributed by atoms with E-state index in [0.29, 0.717) is 25.3 Å². The van der Waals surface area contributed by atoms with Crippen LogP contribution in [0.3, 0.4) is 0 Å². The fraction of sp³-hybridized carbons (Fsp3) is 0.619. The van der Waals surface area contributed by atoms with Crippen LogP contribution in [0.15, 0.2) is 30.3 Å². The first-order chi connectivity index (χ1) is 13.5. The number of nitrogens with zero attached hydrogens (tertiary/aromatic N) is 1. The zero-order chi connectivity index (χ0) is 20.4. The van der Waals surface area contributed by atoms with E-state index in [4.69, 9.17) is 9.84 Å². The second-order valence-corrected chi connectivity index (χ2v) is 7.63. The molecule has 2 amide bonds. The van der Waals surface area contributed by atoms with Gasteiger partial charge in [0, 0.05) is 38.1 Å². The Kier molecular flexibility index (Phi) is 9.23. The minimum absolute atomic E-state index is 0.0280. The standard InChI is InChI=1S/C21H33N3O4/c1-16(2)19(24-10-12-28-13-11-24)15-22-21(27)23-18(8-9-20(25)26)14-17-6-4-3-5-7-17/h3-7,16,18-19H,8-15H2,1-2H3,(H,25,26)(H2,22,23,27). The van der Waals surface area contributed by atoms with Crippen LogP contribution in [-0.4, -0.2) is 66.9 Å². The van der Waals surface area contributed by atoms with Gasteiger partial charge < -0.3 is 20.5 Å². The van der Waals surface area contributed by atoms with Crippen LogP contribution in [0.1, 0.15) is 32.3 Å². The van der Waals surface area contributed by atoms with Crippen molar-refractivity contribution in [1.82, 2.24) is 15.5 Å². The van der Waals surface area contributed by atoms with E-state index in [1.807, 2.05) is 30.3 Å². The molecule has 1 aromatic carbocycles. The van der Waals surface area contributed by atoms with Gasteiger partial charge in [-0.2, -0.15) is 0 Å². The monoisotopic (exact) mass is 391 g/mol. The van der Waals surface area contributed by atoms with Crippen molar-refractivity contribution in [3.63, 3.8) is 0 Å². The molecule has 1 heterocycles. The highest BCUT2D eigenvalue weighted by atomic mass is 16.5. The molecule has 0 bridgehead atoms. The summed E-state index contributed by atoms with van der Waals surface area (Å²) in [7, 11) is 0. The molecule has 0 aromatic heterocycles. The average molecular weight is 392 g/mol. The summed E-state index contributed by atoms with van der Waals surface area (Å²) in [6.07, 6.45) is 1.04. The molecule has 2 rings (SSSR count). The van der Waals surface area contributed by atoms with Gasteiger partial charge in [-0.3, -0.25) is 9.69 Å². The molecule has 0 aliphatic carbocycles. The van der Waals surface area contributed by atoms with E-state index >= 15 is 0 Å². The topological polar surface area (TPSA) is 90.9 Å². The number of aliphatic carboxylic acids is 1. The summed E-state index contributed by atoms with van der Waals surface area (Å²) >= 11 is 0. The van der Waals surface area contributed by atoms with Gasteiger partial charge in [-0.1, -0.05) is 44.2 Å². The lowest BCUT2D eigenvalue weighted by molar-refractivity contribution is -0.137.